The van der Waals surface area contributed by atoms with Crippen LogP contribution in [0.2, 0.25) is 0 Å². The van der Waals surface area contributed by atoms with Gasteiger partial charge in [0.1, 0.15) is 0 Å². The summed E-state index contributed by atoms with van der Waals surface area (Å²) in [5.41, 5.74) is 0.972. The Labute approximate surface area is 170 Å². The Balaban J connectivity index is 1.33. The van der Waals surface area contributed by atoms with Gasteiger partial charge >= 0.3 is 5.97 Å². The largest absolute Gasteiger partial charge is 0.459 e. The maximum atomic E-state index is 12.1. The number of nitrogens with zero attached hydrogens (tertiary/aromatic N) is 5. The first-order chi connectivity index (χ1) is 14.2. The normalized spacial score (nSPS) is 10.9. The van der Waals surface area contributed by atoms with Crippen LogP contribution in [0.15, 0.2) is 62.7 Å². The molecule has 4 aromatic rings. The number of benzene rings is 1. The molecular weight excluding hydrogens is 394 g/mol. The van der Waals surface area contributed by atoms with Crippen LogP contribution < -0.4 is 0 Å². The fraction of sp³-hybridized carbons (Fsp3) is 0.211. The van der Waals surface area contributed by atoms with Crippen molar-refractivity contribution in [3.63, 3.8) is 0 Å². The Kier molecular flexibility index (Phi) is 5.71. The van der Waals surface area contributed by atoms with Crippen molar-refractivity contribution in [3.05, 3.63) is 54.6 Å². The van der Waals surface area contributed by atoms with Gasteiger partial charge in [-0.25, -0.2) is 0 Å². The molecule has 0 fully saturated rings. The van der Waals surface area contributed by atoms with E-state index in [2.05, 4.69) is 20.4 Å². The number of furan rings is 1. The molecule has 0 radical (unpaired) electrons. The molecule has 0 bridgehead atoms. The van der Waals surface area contributed by atoms with E-state index >= 15 is 0 Å². The third-order valence-electron chi connectivity index (χ3n) is 3.94. The quantitative estimate of drug-likeness (QED) is 0.318. The van der Waals surface area contributed by atoms with Gasteiger partial charge in [0.25, 0.3) is 11.8 Å². The van der Waals surface area contributed by atoms with Gasteiger partial charge in [0.05, 0.1) is 12.0 Å². The monoisotopic (exact) mass is 411 g/mol. The van der Waals surface area contributed by atoms with Crippen molar-refractivity contribution in [1.29, 1.82) is 0 Å². The molecule has 0 amide bonds. The minimum atomic E-state index is -0.417. The fourth-order valence-corrected chi connectivity index (χ4v) is 3.40. The van der Waals surface area contributed by atoms with E-state index < -0.39 is 5.97 Å². The first-order valence-electron chi connectivity index (χ1n) is 8.88. The summed E-state index contributed by atoms with van der Waals surface area (Å²) in [5, 5.41) is 16.8. The zero-order valence-corrected chi connectivity index (χ0v) is 16.3. The van der Waals surface area contributed by atoms with E-state index in [-0.39, 0.29) is 24.1 Å². The number of carbonyl (C=O) groups excluding carboxylic acids is 1. The summed E-state index contributed by atoms with van der Waals surface area (Å²) < 4.78 is 17.7. The molecule has 0 saturated carbocycles. The van der Waals surface area contributed by atoms with Crippen molar-refractivity contribution in [2.75, 3.05) is 5.75 Å². The molecule has 3 aromatic heterocycles. The van der Waals surface area contributed by atoms with Crippen molar-refractivity contribution in [2.24, 2.45) is 0 Å². The standard InChI is InChI=1S/C19H17N5O4S/c1-2-24-17(13-7-4-3-5-8-13)21-23-19(24)29-12-16(25)27-11-15-20-22-18(28-15)14-9-6-10-26-14/h3-10H,2,11-12H2,1H3. The Morgan fingerprint density at radius 1 is 1.10 bits per heavy atom. The van der Waals surface area contributed by atoms with Crippen molar-refractivity contribution in [2.45, 2.75) is 25.2 Å². The lowest BCUT2D eigenvalue weighted by Gasteiger charge is -2.07. The molecule has 10 heteroatoms. The highest BCUT2D eigenvalue weighted by Gasteiger charge is 2.16. The molecule has 148 valence electrons. The average molecular weight is 411 g/mol. The first-order valence-corrected chi connectivity index (χ1v) is 9.86. The number of hydrogen-bond acceptors (Lipinski definition) is 9. The molecule has 0 unspecified atom stereocenters. The number of carbonyl (C=O) groups is 1. The number of rotatable bonds is 8. The third-order valence-corrected chi connectivity index (χ3v) is 4.88. The SMILES string of the molecule is CCn1c(SCC(=O)OCc2nnc(-c3ccco3)o2)nnc1-c1ccccc1. The second-order valence-electron chi connectivity index (χ2n) is 5.84. The van der Waals surface area contributed by atoms with Gasteiger partial charge in [0.15, 0.2) is 23.3 Å². The van der Waals surface area contributed by atoms with Crippen LogP contribution in [0.5, 0.6) is 0 Å². The molecule has 3 heterocycles. The fourth-order valence-electron chi connectivity index (χ4n) is 2.60. The molecule has 0 saturated heterocycles. The zero-order valence-electron chi connectivity index (χ0n) is 15.5. The summed E-state index contributed by atoms with van der Waals surface area (Å²) in [5.74, 6) is 1.32. The number of esters is 1. The lowest BCUT2D eigenvalue weighted by atomic mass is 10.2. The molecule has 1 aromatic carbocycles. The van der Waals surface area contributed by atoms with Crippen LogP contribution >= 0.6 is 11.8 Å². The van der Waals surface area contributed by atoms with Gasteiger partial charge in [-0.1, -0.05) is 42.1 Å². The highest BCUT2D eigenvalue weighted by atomic mass is 32.2. The predicted octanol–water partition coefficient (Wildman–Crippen LogP) is 3.44. The lowest BCUT2D eigenvalue weighted by molar-refractivity contribution is -0.142. The van der Waals surface area contributed by atoms with Crippen LogP contribution in [0.3, 0.4) is 0 Å². The van der Waals surface area contributed by atoms with E-state index in [0.717, 1.165) is 11.4 Å². The molecule has 0 aliphatic heterocycles. The minimum absolute atomic E-state index is 0.0894. The molecule has 0 aliphatic carbocycles. The number of ether oxygens (including phenoxy) is 1. The maximum Gasteiger partial charge on any atom is 0.316 e. The topological polar surface area (TPSA) is 109 Å². The molecule has 9 nitrogen and oxygen atoms in total. The van der Waals surface area contributed by atoms with E-state index in [4.69, 9.17) is 13.6 Å². The molecule has 0 aliphatic rings. The summed E-state index contributed by atoms with van der Waals surface area (Å²) >= 11 is 1.27. The molecular formula is C19H17N5O4S. The van der Waals surface area contributed by atoms with E-state index in [1.807, 2.05) is 41.8 Å². The highest BCUT2D eigenvalue weighted by molar-refractivity contribution is 7.99. The third kappa shape index (κ3) is 4.37. The predicted molar refractivity (Wildman–Crippen MR) is 104 cm³/mol. The van der Waals surface area contributed by atoms with Crippen LogP contribution in [0.1, 0.15) is 12.8 Å². The molecule has 4 rings (SSSR count). The van der Waals surface area contributed by atoms with Crippen molar-refractivity contribution >= 4 is 17.7 Å². The first kappa shape index (κ1) is 18.9. The van der Waals surface area contributed by atoms with Crippen LogP contribution in [-0.2, 0) is 22.7 Å². The summed E-state index contributed by atoms with van der Waals surface area (Å²) in [4.78, 5) is 12.1. The van der Waals surface area contributed by atoms with Crippen LogP contribution in [0.4, 0.5) is 0 Å². The van der Waals surface area contributed by atoms with Crippen molar-refractivity contribution < 1.29 is 18.4 Å². The second-order valence-corrected chi connectivity index (χ2v) is 6.79. The number of thioether (sulfide) groups is 1. The van der Waals surface area contributed by atoms with Gasteiger partial charge in [-0.2, -0.15) is 0 Å². The van der Waals surface area contributed by atoms with E-state index in [9.17, 15) is 4.79 Å². The molecule has 29 heavy (non-hydrogen) atoms. The smallest absolute Gasteiger partial charge is 0.316 e. The van der Waals surface area contributed by atoms with Crippen LogP contribution in [0, 0.1) is 0 Å². The summed E-state index contributed by atoms with van der Waals surface area (Å²) in [7, 11) is 0. The lowest BCUT2D eigenvalue weighted by Crippen LogP contribution is -2.09. The van der Waals surface area contributed by atoms with Gasteiger partial charge in [-0.05, 0) is 19.1 Å². The highest BCUT2D eigenvalue weighted by Crippen LogP contribution is 2.24. The van der Waals surface area contributed by atoms with Crippen molar-refractivity contribution in [3.8, 4) is 23.0 Å². The Morgan fingerprint density at radius 3 is 2.72 bits per heavy atom. The van der Waals surface area contributed by atoms with Crippen LogP contribution in [-0.4, -0.2) is 36.7 Å². The van der Waals surface area contributed by atoms with E-state index in [1.165, 1.54) is 18.0 Å². The Bertz CT molecular complexity index is 1080. The number of hydrogen-bond donors (Lipinski definition) is 0. The van der Waals surface area contributed by atoms with Gasteiger partial charge in [-0.3, -0.25) is 4.79 Å². The summed E-state index contributed by atoms with van der Waals surface area (Å²) in [6.45, 7) is 2.58. The molecule has 0 atom stereocenters. The van der Waals surface area contributed by atoms with E-state index in [0.29, 0.717) is 17.5 Å². The summed E-state index contributed by atoms with van der Waals surface area (Å²) in [6.07, 6.45) is 1.51. The van der Waals surface area contributed by atoms with Crippen LogP contribution in [0.25, 0.3) is 23.0 Å². The summed E-state index contributed by atoms with van der Waals surface area (Å²) in [6, 6.07) is 13.2. The zero-order chi connectivity index (χ0) is 20.1. The van der Waals surface area contributed by atoms with Gasteiger partial charge in [-0.15, -0.1) is 20.4 Å². The van der Waals surface area contributed by atoms with Gasteiger partial charge in [0.2, 0.25) is 0 Å². The minimum Gasteiger partial charge on any atom is -0.459 e. The van der Waals surface area contributed by atoms with Gasteiger partial charge in [0, 0.05) is 12.1 Å². The van der Waals surface area contributed by atoms with E-state index in [1.54, 1.807) is 12.1 Å². The van der Waals surface area contributed by atoms with Gasteiger partial charge < -0.3 is 18.1 Å². The molecule has 0 spiro atoms. The molecule has 0 N–H and O–H groups in total. The number of aromatic nitrogens is 5. The Hall–Kier alpha value is -3.40. The second kappa shape index (κ2) is 8.74. The maximum absolute atomic E-state index is 12.1. The average Bonchev–Trinajstić information content (AvgIpc) is 3.51. The Morgan fingerprint density at radius 2 is 1.97 bits per heavy atom. The van der Waals surface area contributed by atoms with Crippen molar-refractivity contribution in [1.82, 2.24) is 25.0 Å².